The van der Waals surface area contributed by atoms with Crippen molar-refractivity contribution in [2.75, 3.05) is 13.2 Å². The van der Waals surface area contributed by atoms with Crippen LogP contribution in [0, 0.1) is 0 Å². The maximum Gasteiger partial charge on any atom is 0.249 e. The minimum absolute atomic E-state index is 0.307. The Kier molecular flexibility index (Phi) is 30.9. The van der Waals surface area contributed by atoms with Crippen molar-refractivity contribution in [3.63, 3.8) is 0 Å². The van der Waals surface area contributed by atoms with Gasteiger partial charge in [-0.25, -0.2) is 0 Å². The molecule has 0 unspecified atom stereocenters. The number of rotatable bonds is 34. The maximum atomic E-state index is 13.0. The first-order valence-corrected chi connectivity index (χ1v) is 21.2. The van der Waals surface area contributed by atoms with E-state index in [1.54, 1.807) is 6.08 Å². The number of ether oxygens (including phenoxy) is 2. The van der Waals surface area contributed by atoms with Crippen molar-refractivity contribution in [2.24, 2.45) is 0 Å². The molecule has 0 spiro atoms. The van der Waals surface area contributed by atoms with E-state index in [0.29, 0.717) is 19.3 Å². The topological polar surface area (TPSA) is 169 Å². The van der Waals surface area contributed by atoms with Crippen molar-refractivity contribution in [3.8, 4) is 0 Å². The Morgan fingerprint density at radius 2 is 1.13 bits per heavy atom. The first kappa shape index (κ1) is 48.6. The van der Waals surface area contributed by atoms with Gasteiger partial charge in [-0.05, 0) is 32.1 Å². The Hall–Kier alpha value is -1.37. The SMILES string of the molecule is CCCCCCCCCC=CCCC=C[C@@H](O)[C@H](CO[C@@H]1O[C@H](CO)[C@@H](O)[C@H](O)[C@H]1O)NC(=O)[C@H](O)CCCCCCCCCCCCCCCC. The molecule has 1 rings (SSSR count). The summed E-state index contributed by atoms with van der Waals surface area (Å²) in [5.41, 5.74) is 0. The number of hydrogen-bond acceptors (Lipinski definition) is 9. The second-order valence-corrected chi connectivity index (χ2v) is 14.9. The van der Waals surface area contributed by atoms with Gasteiger partial charge in [-0.3, -0.25) is 4.79 Å². The molecule has 0 bridgehead atoms. The summed E-state index contributed by atoms with van der Waals surface area (Å²) in [6.45, 7) is 3.56. The average Bonchev–Trinajstić information content (AvgIpc) is 3.14. The fraction of sp³-hybridized carbons (Fsp3) is 0.881. The second kappa shape index (κ2) is 33.0. The summed E-state index contributed by atoms with van der Waals surface area (Å²) in [7, 11) is 0. The van der Waals surface area contributed by atoms with Crippen LogP contribution in [0.3, 0.4) is 0 Å². The van der Waals surface area contributed by atoms with Gasteiger partial charge < -0.3 is 45.4 Å². The van der Waals surface area contributed by atoms with E-state index in [4.69, 9.17) is 9.47 Å². The van der Waals surface area contributed by atoms with Gasteiger partial charge in [0.15, 0.2) is 6.29 Å². The minimum atomic E-state index is -1.61. The fourth-order valence-corrected chi connectivity index (χ4v) is 6.59. The molecule has 1 aliphatic heterocycles. The Morgan fingerprint density at radius 3 is 1.67 bits per heavy atom. The van der Waals surface area contributed by atoms with Gasteiger partial charge in [-0.15, -0.1) is 0 Å². The standard InChI is InChI=1S/C42H79NO9/c1-3-5-7-9-11-13-15-17-19-21-23-25-27-29-31-36(46)41(50)43-34(33-51-42-40(49)39(48)38(47)37(32-44)52-42)35(45)30-28-26-24-22-20-18-16-14-12-10-8-6-4-2/h20,22,28,30,34-40,42,44-49H,3-19,21,23-27,29,31-33H2,1-2H3,(H,43,50)/t34-,35+,36+,37+,38+,39-,40+,42+/m0/s1. The Bertz CT molecular complexity index is 886. The Balaban J connectivity index is 2.50. The lowest BCUT2D eigenvalue weighted by molar-refractivity contribution is -0.302. The normalized spacial score (nSPS) is 22.7. The highest BCUT2D eigenvalue weighted by atomic mass is 16.7. The molecule has 1 aliphatic rings. The van der Waals surface area contributed by atoms with Crippen LogP contribution in [0.5, 0.6) is 0 Å². The van der Waals surface area contributed by atoms with Crippen LogP contribution in [0.15, 0.2) is 24.3 Å². The summed E-state index contributed by atoms with van der Waals surface area (Å²) in [6, 6.07) is -0.991. The number of allylic oxidation sites excluding steroid dienone is 3. The summed E-state index contributed by atoms with van der Waals surface area (Å²) in [5, 5.41) is 64.4. The number of amides is 1. The van der Waals surface area contributed by atoms with Crippen LogP contribution in [0.2, 0.25) is 0 Å². The number of unbranched alkanes of at least 4 members (excludes halogenated alkanes) is 21. The molecule has 0 aromatic heterocycles. The van der Waals surface area contributed by atoms with Crippen LogP contribution >= 0.6 is 0 Å². The van der Waals surface area contributed by atoms with Crippen molar-refractivity contribution in [1.82, 2.24) is 5.32 Å². The predicted molar refractivity (Wildman–Crippen MR) is 209 cm³/mol. The first-order valence-electron chi connectivity index (χ1n) is 21.2. The van der Waals surface area contributed by atoms with Crippen LogP contribution in [-0.4, -0.2) is 98.7 Å². The predicted octanol–water partition coefficient (Wildman–Crippen LogP) is 6.91. The quantitative estimate of drug-likeness (QED) is 0.0274. The highest BCUT2D eigenvalue weighted by Crippen LogP contribution is 2.22. The summed E-state index contributed by atoms with van der Waals surface area (Å²) in [5.74, 6) is -0.627. The molecule has 1 heterocycles. The third-order valence-corrected chi connectivity index (χ3v) is 10.1. The summed E-state index contributed by atoms with van der Waals surface area (Å²) < 4.78 is 11.1. The van der Waals surface area contributed by atoms with Crippen molar-refractivity contribution in [2.45, 2.75) is 223 Å². The van der Waals surface area contributed by atoms with E-state index in [2.05, 4.69) is 31.3 Å². The van der Waals surface area contributed by atoms with Crippen molar-refractivity contribution in [1.29, 1.82) is 0 Å². The summed E-state index contributed by atoms with van der Waals surface area (Å²) in [4.78, 5) is 13.0. The molecule has 0 aromatic rings. The van der Waals surface area contributed by atoms with E-state index in [1.807, 2.05) is 6.08 Å². The number of carbonyl (C=O) groups is 1. The highest BCUT2D eigenvalue weighted by Gasteiger charge is 2.44. The van der Waals surface area contributed by atoms with Crippen molar-refractivity contribution >= 4 is 5.91 Å². The fourth-order valence-electron chi connectivity index (χ4n) is 6.59. The lowest BCUT2D eigenvalue weighted by Crippen LogP contribution is -2.60. The van der Waals surface area contributed by atoms with Gasteiger partial charge in [0.1, 0.15) is 30.5 Å². The van der Waals surface area contributed by atoms with Crippen LogP contribution in [0.1, 0.15) is 174 Å². The lowest BCUT2D eigenvalue weighted by Gasteiger charge is -2.40. The number of nitrogens with one attached hydrogen (secondary N) is 1. The third kappa shape index (κ3) is 23.4. The molecule has 10 heteroatoms. The zero-order valence-corrected chi connectivity index (χ0v) is 32.9. The van der Waals surface area contributed by atoms with Gasteiger partial charge >= 0.3 is 0 Å². The minimum Gasteiger partial charge on any atom is -0.394 e. The monoisotopic (exact) mass is 742 g/mol. The molecular formula is C42H79NO9. The van der Waals surface area contributed by atoms with E-state index in [-0.39, 0.29) is 6.61 Å². The summed E-state index contributed by atoms with van der Waals surface area (Å²) in [6.07, 6.45) is 26.9. The van der Waals surface area contributed by atoms with Crippen LogP contribution in [-0.2, 0) is 14.3 Å². The third-order valence-electron chi connectivity index (χ3n) is 10.1. The molecule has 0 aliphatic carbocycles. The van der Waals surface area contributed by atoms with E-state index in [9.17, 15) is 35.4 Å². The number of hydrogen-bond donors (Lipinski definition) is 7. The molecule has 1 amide bonds. The van der Waals surface area contributed by atoms with Gasteiger partial charge in [0.2, 0.25) is 5.91 Å². The first-order chi connectivity index (χ1) is 25.3. The molecule has 306 valence electrons. The van der Waals surface area contributed by atoms with Crippen LogP contribution in [0.4, 0.5) is 0 Å². The molecule has 1 fully saturated rings. The smallest absolute Gasteiger partial charge is 0.249 e. The van der Waals surface area contributed by atoms with Crippen LogP contribution in [0.25, 0.3) is 0 Å². The van der Waals surface area contributed by atoms with E-state index >= 15 is 0 Å². The van der Waals surface area contributed by atoms with Gasteiger partial charge in [0, 0.05) is 0 Å². The molecule has 52 heavy (non-hydrogen) atoms. The molecule has 8 atom stereocenters. The zero-order valence-electron chi connectivity index (χ0n) is 32.9. The number of carbonyl (C=O) groups excluding carboxylic acids is 1. The molecule has 0 aromatic carbocycles. The van der Waals surface area contributed by atoms with Gasteiger partial charge in [-0.2, -0.15) is 0 Å². The van der Waals surface area contributed by atoms with Gasteiger partial charge in [0.25, 0.3) is 0 Å². The van der Waals surface area contributed by atoms with Crippen molar-refractivity contribution < 1.29 is 44.9 Å². The van der Waals surface area contributed by atoms with Crippen LogP contribution < -0.4 is 5.32 Å². The Morgan fingerprint density at radius 1 is 0.654 bits per heavy atom. The zero-order chi connectivity index (χ0) is 38.2. The van der Waals surface area contributed by atoms with Gasteiger partial charge in [0.05, 0.1) is 25.4 Å². The van der Waals surface area contributed by atoms with E-state index < -0.39 is 61.5 Å². The number of aliphatic hydroxyl groups is 6. The lowest BCUT2D eigenvalue weighted by atomic mass is 9.99. The average molecular weight is 742 g/mol. The maximum absolute atomic E-state index is 13.0. The largest absolute Gasteiger partial charge is 0.394 e. The molecule has 10 nitrogen and oxygen atoms in total. The Labute approximate surface area is 316 Å². The highest BCUT2D eigenvalue weighted by molar-refractivity contribution is 5.80. The number of aliphatic hydroxyl groups excluding tert-OH is 6. The molecule has 7 N–H and O–H groups in total. The molecule has 0 saturated carbocycles. The molecule has 1 saturated heterocycles. The summed E-state index contributed by atoms with van der Waals surface area (Å²) >= 11 is 0. The van der Waals surface area contributed by atoms with Crippen molar-refractivity contribution in [3.05, 3.63) is 24.3 Å². The van der Waals surface area contributed by atoms with E-state index in [0.717, 1.165) is 32.1 Å². The molecule has 0 radical (unpaired) electrons. The molecular weight excluding hydrogens is 662 g/mol. The second-order valence-electron chi connectivity index (χ2n) is 14.9. The van der Waals surface area contributed by atoms with E-state index in [1.165, 1.54) is 109 Å². The van der Waals surface area contributed by atoms with Gasteiger partial charge in [-0.1, -0.05) is 167 Å².